The van der Waals surface area contributed by atoms with E-state index in [0.29, 0.717) is 22.6 Å². The first-order chi connectivity index (χ1) is 13.8. The molecule has 1 fully saturated rings. The molecule has 29 heavy (non-hydrogen) atoms. The summed E-state index contributed by atoms with van der Waals surface area (Å²) < 4.78 is 23.6. The summed E-state index contributed by atoms with van der Waals surface area (Å²) in [4.78, 5) is 20.0. The van der Waals surface area contributed by atoms with Crippen LogP contribution in [0.1, 0.15) is 28.8 Å². The van der Waals surface area contributed by atoms with Crippen molar-refractivity contribution in [2.45, 2.75) is 24.7 Å². The number of pyridine rings is 1. The van der Waals surface area contributed by atoms with Gasteiger partial charge in [-0.1, -0.05) is 24.3 Å². The molecule has 1 aromatic heterocycles. The van der Waals surface area contributed by atoms with Crippen LogP contribution in [0, 0.1) is 6.92 Å². The van der Waals surface area contributed by atoms with Crippen molar-refractivity contribution in [3.8, 4) is 0 Å². The van der Waals surface area contributed by atoms with E-state index in [2.05, 4.69) is 10.2 Å². The number of primary sulfonamides is 1. The van der Waals surface area contributed by atoms with E-state index in [4.69, 9.17) is 10.1 Å². The van der Waals surface area contributed by atoms with E-state index in [1.807, 2.05) is 30.3 Å². The maximum absolute atomic E-state index is 13.1. The summed E-state index contributed by atoms with van der Waals surface area (Å²) >= 11 is 0. The zero-order valence-electron chi connectivity index (χ0n) is 16.1. The van der Waals surface area contributed by atoms with Crippen molar-refractivity contribution in [2.75, 3.05) is 23.3 Å². The minimum Gasteiger partial charge on any atom is -0.356 e. The number of rotatable bonds is 4. The third-order valence-corrected chi connectivity index (χ3v) is 6.16. The number of hydrogen-bond acceptors (Lipinski definition) is 5. The predicted octanol–water partition coefficient (Wildman–Crippen LogP) is 3.04. The van der Waals surface area contributed by atoms with E-state index in [-0.39, 0.29) is 10.8 Å². The molecule has 1 aliphatic heterocycles. The number of fused-ring (bicyclic) bond motifs is 1. The molecular formula is C21H22N4O3S. The van der Waals surface area contributed by atoms with Gasteiger partial charge in [-0.05, 0) is 49.6 Å². The molecule has 1 amide bonds. The van der Waals surface area contributed by atoms with Gasteiger partial charge in [-0.15, -0.1) is 0 Å². The van der Waals surface area contributed by atoms with Crippen molar-refractivity contribution in [1.82, 2.24) is 4.98 Å². The molecule has 2 aromatic carbocycles. The topological polar surface area (TPSA) is 105 Å². The van der Waals surface area contributed by atoms with E-state index < -0.39 is 10.0 Å². The minimum absolute atomic E-state index is 0.00768. The highest BCUT2D eigenvalue weighted by Gasteiger charge is 2.22. The Morgan fingerprint density at radius 2 is 1.83 bits per heavy atom. The molecule has 150 valence electrons. The fourth-order valence-electron chi connectivity index (χ4n) is 3.63. The zero-order chi connectivity index (χ0) is 20.6. The summed E-state index contributed by atoms with van der Waals surface area (Å²) in [5.74, 6) is 0.312. The number of anilines is 2. The molecule has 2 heterocycles. The van der Waals surface area contributed by atoms with E-state index in [1.165, 1.54) is 6.07 Å². The number of aryl methyl sites for hydroxylation is 1. The summed E-state index contributed by atoms with van der Waals surface area (Å²) in [6.45, 7) is 3.36. The second kappa shape index (κ2) is 7.46. The highest BCUT2D eigenvalue weighted by atomic mass is 32.2. The molecule has 0 saturated carbocycles. The number of sulfonamides is 1. The molecule has 8 heteroatoms. The van der Waals surface area contributed by atoms with Crippen LogP contribution in [0.4, 0.5) is 11.5 Å². The highest BCUT2D eigenvalue weighted by molar-refractivity contribution is 7.89. The number of carbonyl (C=O) groups excluding carboxylic acids is 1. The van der Waals surface area contributed by atoms with Gasteiger partial charge in [0.15, 0.2) is 0 Å². The van der Waals surface area contributed by atoms with Crippen LogP contribution in [-0.2, 0) is 10.0 Å². The summed E-state index contributed by atoms with van der Waals surface area (Å²) in [6, 6.07) is 14.2. The number of nitrogens with one attached hydrogen (secondary N) is 1. The van der Waals surface area contributed by atoms with E-state index in [1.54, 1.807) is 19.1 Å². The van der Waals surface area contributed by atoms with Gasteiger partial charge in [-0.2, -0.15) is 0 Å². The Bertz CT molecular complexity index is 1200. The third-order valence-electron chi connectivity index (χ3n) is 5.11. The maximum atomic E-state index is 13.1. The van der Waals surface area contributed by atoms with Crippen molar-refractivity contribution in [2.24, 2.45) is 5.14 Å². The van der Waals surface area contributed by atoms with Crippen molar-refractivity contribution in [3.05, 3.63) is 59.7 Å². The Labute approximate surface area is 169 Å². The first-order valence-corrected chi connectivity index (χ1v) is 11.0. The quantitative estimate of drug-likeness (QED) is 0.688. The fraction of sp³-hybridized carbons (Fsp3) is 0.238. The van der Waals surface area contributed by atoms with Gasteiger partial charge in [-0.25, -0.2) is 18.5 Å². The lowest BCUT2D eigenvalue weighted by Gasteiger charge is -2.20. The van der Waals surface area contributed by atoms with Gasteiger partial charge in [0.1, 0.15) is 5.82 Å². The number of hydrogen-bond donors (Lipinski definition) is 2. The van der Waals surface area contributed by atoms with Crippen LogP contribution in [0.25, 0.3) is 10.9 Å². The van der Waals surface area contributed by atoms with Crippen LogP contribution in [0.5, 0.6) is 0 Å². The Balaban J connectivity index is 1.74. The lowest BCUT2D eigenvalue weighted by molar-refractivity contribution is 0.102. The zero-order valence-corrected chi connectivity index (χ0v) is 16.9. The molecule has 3 aromatic rings. The summed E-state index contributed by atoms with van der Waals surface area (Å²) in [6.07, 6.45) is 2.12. The molecule has 3 N–H and O–H groups in total. The number of nitrogens with zero attached hydrogens (tertiary/aromatic N) is 2. The monoisotopic (exact) mass is 410 g/mol. The molecular weight excluding hydrogens is 388 g/mol. The van der Waals surface area contributed by atoms with Crippen LogP contribution in [0.2, 0.25) is 0 Å². The van der Waals surface area contributed by atoms with Crippen molar-refractivity contribution in [1.29, 1.82) is 0 Å². The Hall–Kier alpha value is -2.97. The van der Waals surface area contributed by atoms with Gasteiger partial charge in [0.05, 0.1) is 16.0 Å². The van der Waals surface area contributed by atoms with E-state index >= 15 is 0 Å². The molecule has 1 saturated heterocycles. The van der Waals surface area contributed by atoms with Crippen LogP contribution in [0.3, 0.4) is 0 Å². The molecule has 0 spiro atoms. The van der Waals surface area contributed by atoms with Gasteiger partial charge < -0.3 is 10.2 Å². The largest absolute Gasteiger partial charge is 0.356 e. The number of amides is 1. The smallest absolute Gasteiger partial charge is 0.259 e. The SMILES string of the molecule is Cc1ccc(NC(=O)c2cc3ccccc3nc2N2CCCC2)cc1S(N)(=O)=O. The Morgan fingerprint density at radius 3 is 2.55 bits per heavy atom. The van der Waals surface area contributed by atoms with Crippen molar-refractivity contribution < 1.29 is 13.2 Å². The average molecular weight is 410 g/mol. The number of aromatic nitrogens is 1. The van der Waals surface area contributed by atoms with Crippen molar-refractivity contribution in [3.63, 3.8) is 0 Å². The minimum atomic E-state index is -3.88. The normalized spacial score (nSPS) is 14.3. The number of nitrogens with two attached hydrogens (primary N) is 1. The average Bonchev–Trinajstić information content (AvgIpc) is 3.22. The predicted molar refractivity (Wildman–Crippen MR) is 114 cm³/mol. The van der Waals surface area contributed by atoms with Gasteiger partial charge in [0.25, 0.3) is 5.91 Å². The molecule has 7 nitrogen and oxygen atoms in total. The van der Waals surface area contributed by atoms with Crippen LogP contribution >= 0.6 is 0 Å². The number of para-hydroxylation sites is 1. The summed E-state index contributed by atoms with van der Waals surface area (Å²) in [5.41, 5.74) is 2.18. The molecule has 0 aliphatic carbocycles. The van der Waals surface area contributed by atoms with Gasteiger partial charge in [0, 0.05) is 24.2 Å². The lowest BCUT2D eigenvalue weighted by Crippen LogP contribution is -2.24. The Kier molecular flexibility index (Phi) is 4.97. The Morgan fingerprint density at radius 1 is 1.10 bits per heavy atom. The first kappa shape index (κ1) is 19.4. The van der Waals surface area contributed by atoms with Crippen molar-refractivity contribution >= 4 is 38.3 Å². The number of benzene rings is 2. The van der Waals surface area contributed by atoms with Crippen LogP contribution < -0.4 is 15.4 Å². The van der Waals surface area contributed by atoms with Gasteiger partial charge in [-0.3, -0.25) is 4.79 Å². The summed E-state index contributed by atoms with van der Waals surface area (Å²) in [7, 11) is -3.88. The molecule has 0 radical (unpaired) electrons. The second-order valence-electron chi connectivity index (χ2n) is 7.23. The first-order valence-electron chi connectivity index (χ1n) is 9.42. The van der Waals surface area contributed by atoms with Crippen LogP contribution in [-0.4, -0.2) is 32.4 Å². The van der Waals surface area contributed by atoms with Gasteiger partial charge in [0.2, 0.25) is 10.0 Å². The number of carbonyl (C=O) groups is 1. The van der Waals surface area contributed by atoms with Gasteiger partial charge >= 0.3 is 0 Å². The second-order valence-corrected chi connectivity index (χ2v) is 8.76. The van der Waals surface area contributed by atoms with E-state index in [0.717, 1.165) is 36.8 Å². The molecule has 0 atom stereocenters. The maximum Gasteiger partial charge on any atom is 0.259 e. The molecule has 0 unspecified atom stereocenters. The standard InChI is InChI=1S/C21H22N4O3S/c1-14-8-9-16(13-19(14)29(22,27)28)23-21(26)17-12-15-6-2-3-7-18(15)24-20(17)25-10-4-5-11-25/h2-3,6-9,12-13H,4-5,10-11H2,1H3,(H,23,26)(H2,22,27,28). The molecule has 4 rings (SSSR count). The fourth-order valence-corrected chi connectivity index (χ4v) is 4.43. The van der Waals surface area contributed by atoms with E-state index in [9.17, 15) is 13.2 Å². The van der Waals surface area contributed by atoms with Crippen LogP contribution in [0.15, 0.2) is 53.4 Å². The molecule has 1 aliphatic rings. The third kappa shape index (κ3) is 3.94. The summed E-state index contributed by atoms with van der Waals surface area (Å²) in [5, 5.41) is 8.95. The lowest BCUT2D eigenvalue weighted by atomic mass is 10.1. The molecule has 0 bridgehead atoms. The highest BCUT2D eigenvalue weighted by Crippen LogP contribution is 2.28.